The molecule has 0 aliphatic heterocycles. The van der Waals surface area contributed by atoms with E-state index in [0.29, 0.717) is 6.04 Å². The number of nitrogens with one attached hydrogen (secondary N) is 1. The molecule has 0 aliphatic rings. The van der Waals surface area contributed by atoms with Crippen LogP contribution in [0, 0.1) is 5.82 Å². The van der Waals surface area contributed by atoms with Gasteiger partial charge in [-0.3, -0.25) is 0 Å². The third-order valence-corrected chi connectivity index (χ3v) is 2.99. The van der Waals surface area contributed by atoms with Crippen LogP contribution in [0.5, 0.6) is 0 Å². The second kappa shape index (κ2) is 7.02. The number of hydrogen-bond donors (Lipinski definition) is 1. The van der Waals surface area contributed by atoms with Gasteiger partial charge in [-0.1, -0.05) is 22.9 Å². The zero-order valence-electron chi connectivity index (χ0n) is 9.89. The maximum absolute atomic E-state index is 13.1. The summed E-state index contributed by atoms with van der Waals surface area (Å²) < 4.78 is 13.9. The van der Waals surface area contributed by atoms with E-state index in [0.717, 1.165) is 35.8 Å². The fourth-order valence-corrected chi connectivity index (χ4v) is 2.14. The molecule has 1 aromatic carbocycles. The summed E-state index contributed by atoms with van der Waals surface area (Å²) in [5.41, 5.74) is 1.05. The van der Waals surface area contributed by atoms with E-state index >= 15 is 0 Å². The summed E-state index contributed by atoms with van der Waals surface area (Å²) in [5.74, 6) is -0.168. The molecule has 0 spiro atoms. The Hall–Kier alpha value is -0.410. The number of halogens is 2. The summed E-state index contributed by atoms with van der Waals surface area (Å²) in [6.07, 6.45) is 3.10. The minimum atomic E-state index is -0.168. The van der Waals surface area contributed by atoms with E-state index in [1.807, 2.05) is 6.07 Å². The van der Waals surface area contributed by atoms with Crippen molar-refractivity contribution in [1.82, 2.24) is 5.32 Å². The van der Waals surface area contributed by atoms with E-state index in [4.69, 9.17) is 0 Å². The van der Waals surface area contributed by atoms with Gasteiger partial charge in [-0.05, 0) is 56.5 Å². The molecule has 0 saturated heterocycles. The van der Waals surface area contributed by atoms with Gasteiger partial charge in [0, 0.05) is 10.5 Å². The molecule has 1 aromatic rings. The van der Waals surface area contributed by atoms with Crippen molar-refractivity contribution in [3.8, 4) is 0 Å². The first-order valence-electron chi connectivity index (χ1n) is 5.80. The van der Waals surface area contributed by atoms with Gasteiger partial charge in [0.25, 0.3) is 0 Å². The number of aryl methyl sites for hydroxylation is 1. The molecule has 1 atom stereocenters. The van der Waals surface area contributed by atoms with Crippen LogP contribution in [0.3, 0.4) is 0 Å². The second-order valence-electron chi connectivity index (χ2n) is 4.17. The lowest BCUT2D eigenvalue weighted by molar-refractivity contribution is 0.513. The molecular weight excluding hydrogens is 269 g/mol. The lowest BCUT2D eigenvalue weighted by Crippen LogP contribution is -2.27. The third-order valence-electron chi connectivity index (χ3n) is 2.53. The predicted octanol–water partition coefficient (Wildman–Crippen LogP) is 3.91. The van der Waals surface area contributed by atoms with Gasteiger partial charge >= 0.3 is 0 Å². The first-order valence-corrected chi connectivity index (χ1v) is 6.59. The Morgan fingerprint density at radius 1 is 1.38 bits per heavy atom. The molecule has 0 bridgehead atoms. The highest BCUT2D eigenvalue weighted by Gasteiger charge is 2.03. The highest BCUT2D eigenvalue weighted by atomic mass is 79.9. The number of rotatable bonds is 6. The molecule has 1 nitrogen and oxygen atoms in total. The van der Waals surface area contributed by atoms with Crippen LogP contribution >= 0.6 is 15.9 Å². The van der Waals surface area contributed by atoms with E-state index < -0.39 is 0 Å². The molecular formula is C13H19BrFN. The zero-order chi connectivity index (χ0) is 12.0. The minimum absolute atomic E-state index is 0.168. The van der Waals surface area contributed by atoms with Gasteiger partial charge in [-0.2, -0.15) is 0 Å². The van der Waals surface area contributed by atoms with Crippen molar-refractivity contribution < 1.29 is 4.39 Å². The summed E-state index contributed by atoms with van der Waals surface area (Å²) in [4.78, 5) is 0. The molecule has 1 rings (SSSR count). The van der Waals surface area contributed by atoms with Gasteiger partial charge in [-0.25, -0.2) is 4.39 Å². The van der Waals surface area contributed by atoms with Gasteiger partial charge < -0.3 is 5.32 Å². The summed E-state index contributed by atoms with van der Waals surface area (Å²) in [6, 6.07) is 5.57. The Morgan fingerprint density at radius 2 is 2.12 bits per heavy atom. The van der Waals surface area contributed by atoms with Crippen LogP contribution in [0.2, 0.25) is 0 Å². The summed E-state index contributed by atoms with van der Waals surface area (Å²) in [6.45, 7) is 5.38. The molecule has 90 valence electrons. The van der Waals surface area contributed by atoms with E-state index in [9.17, 15) is 4.39 Å². The van der Waals surface area contributed by atoms with Crippen molar-refractivity contribution in [3.63, 3.8) is 0 Å². The zero-order valence-corrected chi connectivity index (χ0v) is 11.5. The third kappa shape index (κ3) is 5.08. The van der Waals surface area contributed by atoms with Gasteiger partial charge in [0.1, 0.15) is 5.82 Å². The van der Waals surface area contributed by atoms with Gasteiger partial charge in [0.15, 0.2) is 0 Å². The standard InChI is InChI=1S/C13H19BrFN/c1-3-6-16-10(2)4-5-11-7-12(14)9-13(15)8-11/h7-10,16H,3-6H2,1-2H3. The van der Waals surface area contributed by atoms with Crippen molar-refractivity contribution >= 4 is 15.9 Å². The molecule has 0 aromatic heterocycles. The molecule has 0 fully saturated rings. The first kappa shape index (κ1) is 13.7. The average molecular weight is 288 g/mol. The lowest BCUT2D eigenvalue weighted by atomic mass is 10.1. The first-order chi connectivity index (χ1) is 7.61. The van der Waals surface area contributed by atoms with Crippen molar-refractivity contribution in [2.24, 2.45) is 0 Å². The van der Waals surface area contributed by atoms with Crippen molar-refractivity contribution in [1.29, 1.82) is 0 Å². The maximum atomic E-state index is 13.1. The van der Waals surface area contributed by atoms with Crippen molar-refractivity contribution in [2.75, 3.05) is 6.54 Å². The smallest absolute Gasteiger partial charge is 0.124 e. The van der Waals surface area contributed by atoms with Crippen LogP contribution in [0.15, 0.2) is 22.7 Å². The normalized spacial score (nSPS) is 12.8. The Balaban J connectivity index is 2.41. The van der Waals surface area contributed by atoms with Gasteiger partial charge in [0.05, 0.1) is 0 Å². The molecule has 0 aliphatic carbocycles. The molecule has 1 N–H and O–H groups in total. The Bertz CT molecular complexity index is 307. The van der Waals surface area contributed by atoms with Crippen molar-refractivity contribution in [2.45, 2.75) is 39.2 Å². The summed E-state index contributed by atoms with van der Waals surface area (Å²) in [7, 11) is 0. The Morgan fingerprint density at radius 3 is 2.75 bits per heavy atom. The number of hydrogen-bond acceptors (Lipinski definition) is 1. The van der Waals surface area contributed by atoms with Crippen LogP contribution in [0.25, 0.3) is 0 Å². The summed E-state index contributed by atoms with van der Waals surface area (Å²) in [5, 5.41) is 3.43. The van der Waals surface area contributed by atoms with Crippen LogP contribution < -0.4 is 5.32 Å². The van der Waals surface area contributed by atoms with Gasteiger partial charge in [-0.15, -0.1) is 0 Å². The molecule has 3 heteroatoms. The minimum Gasteiger partial charge on any atom is -0.314 e. The van der Waals surface area contributed by atoms with Crippen LogP contribution in [0.1, 0.15) is 32.3 Å². The van der Waals surface area contributed by atoms with E-state index in [1.54, 1.807) is 6.07 Å². The molecule has 0 amide bonds. The van der Waals surface area contributed by atoms with Crippen molar-refractivity contribution in [3.05, 3.63) is 34.1 Å². The molecule has 1 unspecified atom stereocenters. The van der Waals surface area contributed by atoms with Gasteiger partial charge in [0.2, 0.25) is 0 Å². The van der Waals surface area contributed by atoms with E-state index in [-0.39, 0.29) is 5.82 Å². The SMILES string of the molecule is CCCNC(C)CCc1cc(F)cc(Br)c1. The van der Waals surface area contributed by atoms with Crippen LogP contribution in [-0.2, 0) is 6.42 Å². The fraction of sp³-hybridized carbons (Fsp3) is 0.538. The predicted molar refractivity (Wildman–Crippen MR) is 70.2 cm³/mol. The summed E-state index contributed by atoms with van der Waals surface area (Å²) >= 11 is 3.31. The second-order valence-corrected chi connectivity index (χ2v) is 5.09. The Labute approximate surface area is 106 Å². The monoisotopic (exact) mass is 287 g/mol. The maximum Gasteiger partial charge on any atom is 0.124 e. The quantitative estimate of drug-likeness (QED) is 0.837. The fourth-order valence-electron chi connectivity index (χ4n) is 1.63. The lowest BCUT2D eigenvalue weighted by Gasteiger charge is -2.13. The van der Waals surface area contributed by atoms with E-state index in [1.165, 1.54) is 6.07 Å². The highest BCUT2D eigenvalue weighted by molar-refractivity contribution is 9.10. The molecule has 0 saturated carbocycles. The topological polar surface area (TPSA) is 12.0 Å². The van der Waals surface area contributed by atoms with E-state index in [2.05, 4.69) is 35.1 Å². The molecule has 16 heavy (non-hydrogen) atoms. The van der Waals surface area contributed by atoms with Crippen LogP contribution in [0.4, 0.5) is 4.39 Å². The highest BCUT2D eigenvalue weighted by Crippen LogP contribution is 2.16. The largest absolute Gasteiger partial charge is 0.314 e. The average Bonchev–Trinajstić information content (AvgIpc) is 2.22. The van der Waals surface area contributed by atoms with Crippen LogP contribution in [-0.4, -0.2) is 12.6 Å². The molecule has 0 heterocycles. The molecule has 0 radical (unpaired) electrons. The Kier molecular flexibility index (Phi) is 5.99. The number of benzene rings is 1.